The average molecular weight is 338 g/mol. The van der Waals surface area contributed by atoms with Crippen LogP contribution in [0.15, 0.2) is 42.8 Å². The lowest BCUT2D eigenvalue weighted by atomic mass is 10.3. The molecule has 0 heterocycles. The van der Waals surface area contributed by atoms with Gasteiger partial charge in [-0.05, 0) is 49.2 Å². The van der Waals surface area contributed by atoms with E-state index in [1.54, 1.807) is 6.08 Å². The zero-order valence-corrected chi connectivity index (χ0v) is 15.4. The fourth-order valence-electron chi connectivity index (χ4n) is 2.35. The van der Waals surface area contributed by atoms with Crippen LogP contribution in [0.2, 0.25) is 0 Å². The monoisotopic (exact) mass is 337 g/mol. The van der Waals surface area contributed by atoms with Crippen molar-refractivity contribution in [3.63, 3.8) is 0 Å². The second-order valence-electron chi connectivity index (χ2n) is 5.81. The van der Waals surface area contributed by atoms with Crippen molar-refractivity contribution >= 4 is 15.9 Å². The van der Waals surface area contributed by atoms with E-state index in [-0.39, 0.29) is 5.25 Å². The second-order valence-corrected chi connectivity index (χ2v) is 7.87. The molecule has 1 aliphatic rings. The van der Waals surface area contributed by atoms with Crippen LogP contribution in [0, 0.1) is 0 Å². The zero-order valence-electron chi connectivity index (χ0n) is 14.6. The molecule has 0 amide bonds. The molecule has 0 aliphatic heterocycles. The summed E-state index contributed by atoms with van der Waals surface area (Å²) in [6, 6.07) is 0. The van der Waals surface area contributed by atoms with Crippen LogP contribution in [0.25, 0.3) is 0 Å². The molecule has 1 aliphatic carbocycles. The van der Waals surface area contributed by atoms with Crippen molar-refractivity contribution in [3.8, 4) is 0 Å². The molecule has 128 valence electrons. The van der Waals surface area contributed by atoms with Crippen LogP contribution < -0.4 is 0 Å². The molecule has 5 heteroatoms. The Bertz CT molecular complexity index is 628. The van der Waals surface area contributed by atoms with E-state index >= 15 is 0 Å². The first-order chi connectivity index (χ1) is 10.9. The van der Waals surface area contributed by atoms with Gasteiger partial charge in [0.05, 0.1) is 0 Å². The van der Waals surface area contributed by atoms with Gasteiger partial charge >= 0.3 is 10.0 Å². The number of sulfonamides is 1. The van der Waals surface area contributed by atoms with Crippen LogP contribution in [0.1, 0.15) is 46.5 Å². The highest BCUT2D eigenvalue weighted by molar-refractivity contribution is 7.86. The summed E-state index contributed by atoms with van der Waals surface area (Å²) < 4.78 is 25.6. The fourth-order valence-corrected chi connectivity index (χ4v) is 3.94. The maximum atomic E-state index is 12.2. The van der Waals surface area contributed by atoms with E-state index in [0.29, 0.717) is 18.5 Å². The van der Waals surface area contributed by atoms with Gasteiger partial charge in [0.25, 0.3) is 0 Å². The molecule has 23 heavy (non-hydrogen) atoms. The lowest BCUT2D eigenvalue weighted by Crippen LogP contribution is -2.23. The van der Waals surface area contributed by atoms with Crippen molar-refractivity contribution in [3.05, 3.63) is 42.8 Å². The summed E-state index contributed by atoms with van der Waals surface area (Å²) in [5.41, 5.74) is 1.53. The van der Waals surface area contributed by atoms with Crippen molar-refractivity contribution in [2.45, 2.75) is 51.7 Å². The Morgan fingerprint density at radius 1 is 1.30 bits per heavy atom. The van der Waals surface area contributed by atoms with Gasteiger partial charge in [0.15, 0.2) is 5.87 Å². The van der Waals surface area contributed by atoms with E-state index in [9.17, 15) is 8.42 Å². The minimum Gasteiger partial charge on any atom is -0.375 e. The van der Waals surface area contributed by atoms with Crippen LogP contribution in [0.5, 0.6) is 0 Å². The normalized spacial score (nSPS) is 15.5. The third-order valence-electron chi connectivity index (χ3n) is 3.72. The molecule has 0 unspecified atom stereocenters. The number of allylic oxidation sites excluding steroid dienone is 4. The van der Waals surface area contributed by atoms with Gasteiger partial charge in [0.1, 0.15) is 5.25 Å². The molecule has 1 saturated carbocycles. The Labute approximate surface area is 141 Å². The van der Waals surface area contributed by atoms with E-state index in [0.717, 1.165) is 35.6 Å². The molecule has 0 spiro atoms. The van der Waals surface area contributed by atoms with E-state index in [2.05, 4.69) is 44.7 Å². The summed E-state index contributed by atoms with van der Waals surface area (Å²) in [4.78, 5) is 2.32. The summed E-state index contributed by atoms with van der Waals surface area (Å²) in [6.45, 7) is 15.7. The van der Waals surface area contributed by atoms with Crippen molar-refractivity contribution in [1.82, 2.24) is 4.90 Å². The highest BCUT2D eigenvalue weighted by Crippen LogP contribution is 2.30. The van der Waals surface area contributed by atoms with Gasteiger partial charge in [0.2, 0.25) is 5.70 Å². The first kappa shape index (κ1) is 19.5. The lowest BCUT2D eigenvalue weighted by Gasteiger charge is -2.24. The Morgan fingerprint density at radius 2 is 1.87 bits per heavy atom. The third-order valence-corrected chi connectivity index (χ3v) is 5.90. The summed E-state index contributed by atoms with van der Waals surface area (Å²) in [7, 11) is -3.38. The Morgan fingerprint density at radius 3 is 2.30 bits per heavy atom. The predicted octanol–water partition coefficient (Wildman–Crippen LogP) is 3.44. The highest BCUT2D eigenvalue weighted by Gasteiger charge is 2.45. The first-order valence-corrected chi connectivity index (χ1v) is 9.74. The number of hydrogen-bond donors (Lipinski definition) is 0. The SMILES string of the molecule is C=C=[N+](C(=C)C=CC=C(C)N(CCC)CCC)S(=O)(=O)C1CC1. The quantitative estimate of drug-likeness (QED) is 0.348. The van der Waals surface area contributed by atoms with E-state index in [1.807, 2.05) is 12.2 Å². The van der Waals surface area contributed by atoms with Gasteiger partial charge < -0.3 is 4.90 Å². The third kappa shape index (κ3) is 5.52. The van der Waals surface area contributed by atoms with Crippen molar-refractivity contribution in [1.29, 1.82) is 0 Å². The van der Waals surface area contributed by atoms with Crippen LogP contribution in [0.3, 0.4) is 0 Å². The van der Waals surface area contributed by atoms with Gasteiger partial charge in [-0.2, -0.15) is 8.42 Å². The maximum absolute atomic E-state index is 12.2. The molecule has 1 rings (SSSR count). The predicted molar refractivity (Wildman–Crippen MR) is 97.0 cm³/mol. The molecule has 0 atom stereocenters. The second kappa shape index (κ2) is 8.90. The molecule has 0 aromatic heterocycles. The average Bonchev–Trinajstić information content (AvgIpc) is 3.32. The minimum atomic E-state index is -3.38. The summed E-state index contributed by atoms with van der Waals surface area (Å²) in [5.74, 6) is 2.48. The molecular formula is C18H29N2O2S+. The summed E-state index contributed by atoms with van der Waals surface area (Å²) in [6.07, 6.45) is 9.13. The van der Waals surface area contributed by atoms with Crippen LogP contribution >= 0.6 is 0 Å². The molecule has 0 radical (unpaired) electrons. The maximum Gasteiger partial charge on any atom is 0.381 e. The Balaban J connectivity index is 2.80. The van der Waals surface area contributed by atoms with Gasteiger partial charge in [-0.25, -0.2) is 0 Å². The molecule has 0 bridgehead atoms. The largest absolute Gasteiger partial charge is 0.381 e. The molecule has 1 fully saturated rings. The number of nitrogens with zero attached hydrogens (tertiary/aromatic N) is 2. The van der Waals surface area contributed by atoms with Gasteiger partial charge in [-0.1, -0.05) is 19.9 Å². The van der Waals surface area contributed by atoms with Gasteiger partial charge in [0, 0.05) is 31.4 Å². The van der Waals surface area contributed by atoms with Crippen molar-refractivity contribution < 1.29 is 12.4 Å². The van der Waals surface area contributed by atoms with Gasteiger partial charge in [-0.15, -0.1) is 0 Å². The number of hydrogen-bond acceptors (Lipinski definition) is 3. The molecule has 0 aromatic rings. The van der Waals surface area contributed by atoms with Crippen LogP contribution in [0.4, 0.5) is 0 Å². The zero-order chi connectivity index (χ0) is 17.5. The Kier molecular flexibility index (Phi) is 7.53. The fraction of sp³-hybridized carbons (Fsp3) is 0.556. The van der Waals surface area contributed by atoms with E-state index < -0.39 is 10.0 Å². The molecule has 4 nitrogen and oxygen atoms in total. The van der Waals surface area contributed by atoms with Crippen LogP contribution in [-0.4, -0.2) is 41.5 Å². The molecular weight excluding hydrogens is 308 g/mol. The minimum absolute atomic E-state index is 0.302. The highest BCUT2D eigenvalue weighted by atomic mass is 32.2. The summed E-state index contributed by atoms with van der Waals surface area (Å²) >= 11 is 0. The smallest absolute Gasteiger partial charge is 0.375 e. The van der Waals surface area contributed by atoms with E-state index in [4.69, 9.17) is 0 Å². The van der Waals surface area contributed by atoms with Crippen molar-refractivity contribution in [2.24, 2.45) is 0 Å². The first-order valence-electron chi connectivity index (χ1n) is 8.24. The summed E-state index contributed by atoms with van der Waals surface area (Å²) in [5, 5.41) is -0.302. The van der Waals surface area contributed by atoms with Crippen LogP contribution in [-0.2, 0) is 10.0 Å². The molecule has 0 N–H and O–H groups in total. The van der Waals surface area contributed by atoms with Crippen molar-refractivity contribution in [2.75, 3.05) is 13.1 Å². The molecule has 0 saturated heterocycles. The standard InChI is InChI=1S/C18H29N2O2S/c1-6-14-19(15-7-2)16(4)10-9-11-17(5)20(8-3)23(21,22)18-12-13-18/h9-11,18H,3,5-7,12-15H2,1-2,4H3/q+1. The van der Waals surface area contributed by atoms with Gasteiger partial charge in [-0.3, -0.25) is 0 Å². The molecule has 0 aromatic carbocycles. The number of rotatable bonds is 10. The topological polar surface area (TPSA) is 40.4 Å². The Hall–Kier alpha value is -1.58. The van der Waals surface area contributed by atoms with E-state index in [1.165, 1.54) is 0 Å². The lowest BCUT2D eigenvalue weighted by molar-refractivity contribution is -0.288.